The molecule has 2 nitrogen and oxygen atoms in total. The van der Waals surface area contributed by atoms with Crippen LogP contribution in [-0.2, 0) is 6.42 Å². The van der Waals surface area contributed by atoms with Crippen molar-refractivity contribution in [2.75, 3.05) is 7.11 Å². The maximum absolute atomic E-state index is 6.35. The van der Waals surface area contributed by atoms with Gasteiger partial charge < -0.3 is 10.5 Å². The molecule has 1 aromatic carbocycles. The lowest BCUT2D eigenvalue weighted by Gasteiger charge is -2.22. The Kier molecular flexibility index (Phi) is 2.94. The van der Waals surface area contributed by atoms with Gasteiger partial charge in [0, 0.05) is 11.6 Å². The highest BCUT2D eigenvalue weighted by atomic mass is 16.5. The van der Waals surface area contributed by atoms with Gasteiger partial charge in [-0.25, -0.2) is 0 Å². The van der Waals surface area contributed by atoms with Crippen molar-refractivity contribution in [1.82, 2.24) is 0 Å². The van der Waals surface area contributed by atoms with E-state index in [1.807, 2.05) is 6.07 Å². The number of methoxy groups -OCH3 is 1. The van der Waals surface area contributed by atoms with Crippen molar-refractivity contribution in [3.8, 4) is 5.75 Å². The number of hydrogen-bond acceptors (Lipinski definition) is 2. The van der Waals surface area contributed by atoms with Crippen LogP contribution in [0.1, 0.15) is 43.9 Å². The highest BCUT2D eigenvalue weighted by Gasteiger charge is 2.44. The molecular weight excluding hydrogens is 198 g/mol. The van der Waals surface area contributed by atoms with Crippen LogP contribution in [0.2, 0.25) is 0 Å². The lowest BCUT2D eigenvalue weighted by atomic mass is 9.90. The molecule has 0 spiro atoms. The summed E-state index contributed by atoms with van der Waals surface area (Å²) >= 11 is 0. The summed E-state index contributed by atoms with van der Waals surface area (Å²) in [4.78, 5) is 0. The zero-order valence-corrected chi connectivity index (χ0v) is 10.4. The Morgan fingerprint density at radius 3 is 2.62 bits per heavy atom. The van der Waals surface area contributed by atoms with E-state index >= 15 is 0 Å². The summed E-state index contributed by atoms with van der Waals surface area (Å²) in [6, 6.07) is 6.46. The molecular formula is C14H21NO. The Hall–Kier alpha value is -1.02. The molecule has 0 saturated heterocycles. The zero-order valence-electron chi connectivity index (χ0n) is 10.4. The highest BCUT2D eigenvalue weighted by Crippen LogP contribution is 2.54. The molecule has 0 bridgehead atoms. The van der Waals surface area contributed by atoms with Crippen LogP contribution < -0.4 is 10.5 Å². The van der Waals surface area contributed by atoms with Crippen LogP contribution in [0.5, 0.6) is 5.75 Å². The van der Waals surface area contributed by atoms with Crippen molar-refractivity contribution in [1.29, 1.82) is 0 Å². The van der Waals surface area contributed by atoms with Crippen LogP contribution in [0, 0.1) is 5.41 Å². The third-order valence-electron chi connectivity index (χ3n) is 3.83. The van der Waals surface area contributed by atoms with Gasteiger partial charge in [-0.1, -0.05) is 26.0 Å². The van der Waals surface area contributed by atoms with Crippen LogP contribution in [0.25, 0.3) is 0 Å². The summed E-state index contributed by atoms with van der Waals surface area (Å²) in [7, 11) is 1.71. The first-order chi connectivity index (χ1) is 7.60. The monoisotopic (exact) mass is 219 g/mol. The van der Waals surface area contributed by atoms with E-state index in [1.54, 1.807) is 7.11 Å². The molecule has 0 heterocycles. The number of rotatable bonds is 4. The molecule has 2 rings (SSSR count). The topological polar surface area (TPSA) is 35.2 Å². The molecule has 0 aromatic heterocycles. The molecule has 0 amide bonds. The lowest BCUT2D eigenvalue weighted by molar-refractivity contribution is 0.384. The van der Waals surface area contributed by atoms with E-state index in [0.717, 1.165) is 12.2 Å². The van der Waals surface area contributed by atoms with E-state index in [0.29, 0.717) is 5.41 Å². The maximum Gasteiger partial charge on any atom is 0.123 e. The zero-order chi connectivity index (χ0) is 11.8. The van der Waals surface area contributed by atoms with Gasteiger partial charge in [-0.15, -0.1) is 0 Å². The maximum atomic E-state index is 6.35. The number of aryl methyl sites for hydroxylation is 1. The van der Waals surface area contributed by atoms with Crippen molar-refractivity contribution in [3.05, 3.63) is 29.3 Å². The minimum Gasteiger partial charge on any atom is -0.496 e. The van der Waals surface area contributed by atoms with Gasteiger partial charge in [0.15, 0.2) is 0 Å². The van der Waals surface area contributed by atoms with Crippen LogP contribution in [0.3, 0.4) is 0 Å². The van der Waals surface area contributed by atoms with Crippen molar-refractivity contribution >= 4 is 0 Å². The van der Waals surface area contributed by atoms with Gasteiger partial charge in [-0.3, -0.25) is 0 Å². The van der Waals surface area contributed by atoms with Crippen molar-refractivity contribution < 1.29 is 4.74 Å². The number of nitrogens with two attached hydrogens (primary N) is 1. The fraction of sp³-hybridized carbons (Fsp3) is 0.571. The van der Waals surface area contributed by atoms with Gasteiger partial charge in [0.05, 0.1) is 7.11 Å². The van der Waals surface area contributed by atoms with E-state index in [1.165, 1.54) is 24.0 Å². The van der Waals surface area contributed by atoms with E-state index in [4.69, 9.17) is 10.5 Å². The van der Waals surface area contributed by atoms with Gasteiger partial charge in [0.1, 0.15) is 5.75 Å². The molecule has 2 heteroatoms. The molecule has 1 aromatic rings. The molecule has 1 saturated carbocycles. The minimum atomic E-state index is 0.106. The molecule has 0 aliphatic heterocycles. The van der Waals surface area contributed by atoms with Gasteiger partial charge in [-0.2, -0.15) is 0 Å². The number of benzene rings is 1. The number of hydrogen-bond donors (Lipinski definition) is 1. The third kappa shape index (κ3) is 1.94. The molecule has 1 fully saturated rings. The van der Waals surface area contributed by atoms with Crippen LogP contribution in [0.4, 0.5) is 0 Å². The van der Waals surface area contributed by atoms with Crippen LogP contribution in [0.15, 0.2) is 18.2 Å². The number of ether oxygens (including phenoxy) is 1. The van der Waals surface area contributed by atoms with E-state index in [9.17, 15) is 0 Å². The first-order valence-corrected chi connectivity index (χ1v) is 6.03. The Labute approximate surface area is 97.8 Å². The van der Waals surface area contributed by atoms with Crippen LogP contribution >= 0.6 is 0 Å². The van der Waals surface area contributed by atoms with Crippen molar-refractivity contribution in [2.24, 2.45) is 11.1 Å². The molecule has 1 aliphatic carbocycles. The van der Waals surface area contributed by atoms with E-state index in [-0.39, 0.29) is 6.04 Å². The standard InChI is InChI=1S/C14H21NO/c1-4-10-5-6-12(16-3)11(9-10)13(15)14(2)7-8-14/h5-6,9,13H,4,7-8,15H2,1-3H3. The van der Waals surface area contributed by atoms with Crippen molar-refractivity contribution in [2.45, 2.75) is 39.2 Å². The second-order valence-corrected chi connectivity index (χ2v) is 5.06. The predicted octanol–water partition coefficient (Wildman–Crippen LogP) is 3.06. The molecule has 1 unspecified atom stereocenters. The Morgan fingerprint density at radius 2 is 2.12 bits per heavy atom. The summed E-state index contributed by atoms with van der Waals surface area (Å²) < 4.78 is 5.41. The quantitative estimate of drug-likeness (QED) is 0.844. The predicted molar refractivity (Wildman–Crippen MR) is 66.6 cm³/mol. The first-order valence-electron chi connectivity index (χ1n) is 6.03. The first kappa shape index (κ1) is 11.5. The molecule has 1 atom stereocenters. The summed E-state index contributed by atoms with van der Waals surface area (Å²) in [6.45, 7) is 4.42. The fourth-order valence-electron chi connectivity index (χ4n) is 2.13. The Morgan fingerprint density at radius 1 is 1.44 bits per heavy atom. The van der Waals surface area contributed by atoms with Gasteiger partial charge in [0.2, 0.25) is 0 Å². The molecule has 88 valence electrons. The normalized spacial score (nSPS) is 19.2. The van der Waals surface area contributed by atoms with E-state index < -0.39 is 0 Å². The summed E-state index contributed by atoms with van der Waals surface area (Å²) in [5.74, 6) is 0.929. The third-order valence-corrected chi connectivity index (χ3v) is 3.83. The second-order valence-electron chi connectivity index (χ2n) is 5.06. The minimum absolute atomic E-state index is 0.106. The molecule has 16 heavy (non-hydrogen) atoms. The average molecular weight is 219 g/mol. The van der Waals surface area contributed by atoms with Gasteiger partial charge in [0.25, 0.3) is 0 Å². The van der Waals surface area contributed by atoms with Gasteiger partial charge >= 0.3 is 0 Å². The van der Waals surface area contributed by atoms with Gasteiger partial charge in [-0.05, 0) is 36.3 Å². The molecule has 0 radical (unpaired) electrons. The molecule has 1 aliphatic rings. The fourth-order valence-corrected chi connectivity index (χ4v) is 2.13. The summed E-state index contributed by atoms with van der Waals surface area (Å²) in [5, 5.41) is 0. The second kappa shape index (κ2) is 4.10. The summed E-state index contributed by atoms with van der Waals surface area (Å²) in [5.41, 5.74) is 9.14. The van der Waals surface area contributed by atoms with E-state index in [2.05, 4.69) is 26.0 Å². The largest absolute Gasteiger partial charge is 0.496 e. The average Bonchev–Trinajstić information content (AvgIpc) is 3.06. The SMILES string of the molecule is CCc1ccc(OC)c(C(N)C2(C)CC2)c1. The summed E-state index contributed by atoms with van der Waals surface area (Å²) in [6.07, 6.45) is 3.50. The molecule has 2 N–H and O–H groups in total. The smallest absolute Gasteiger partial charge is 0.123 e. The van der Waals surface area contributed by atoms with Crippen molar-refractivity contribution in [3.63, 3.8) is 0 Å². The lowest BCUT2D eigenvalue weighted by Crippen LogP contribution is -2.21. The Bertz CT molecular complexity index is 382. The van der Waals surface area contributed by atoms with Crippen LogP contribution in [-0.4, -0.2) is 7.11 Å². The highest BCUT2D eigenvalue weighted by molar-refractivity contribution is 5.41. The Balaban J connectivity index is 2.36.